The van der Waals surface area contributed by atoms with Gasteiger partial charge in [-0.25, -0.2) is 0 Å². The van der Waals surface area contributed by atoms with Crippen LogP contribution in [0.5, 0.6) is 0 Å². The van der Waals surface area contributed by atoms with Gasteiger partial charge in [-0.15, -0.1) is 0 Å². The fourth-order valence-electron chi connectivity index (χ4n) is 2.29. The van der Waals surface area contributed by atoms with Crippen molar-refractivity contribution < 1.29 is 4.79 Å². The topological polar surface area (TPSA) is 17.1 Å². The summed E-state index contributed by atoms with van der Waals surface area (Å²) < 4.78 is 0. The first-order valence-electron chi connectivity index (χ1n) is 5.27. The normalized spacial score (nSPS) is 24.3. The standard InChI is InChI=1S/C13H15BrO/c1-9-3-4-10-8-13(2,5-6-14)12(15)11(10)7-9/h3-4,7H,5-6,8H2,1-2H3. The van der Waals surface area contributed by atoms with E-state index in [-0.39, 0.29) is 5.41 Å². The van der Waals surface area contributed by atoms with Crippen molar-refractivity contribution in [2.24, 2.45) is 5.41 Å². The number of hydrogen-bond donors (Lipinski definition) is 0. The van der Waals surface area contributed by atoms with Crippen molar-refractivity contribution in [3.8, 4) is 0 Å². The zero-order valence-corrected chi connectivity index (χ0v) is 10.7. The third kappa shape index (κ3) is 1.76. The number of hydrogen-bond acceptors (Lipinski definition) is 1. The van der Waals surface area contributed by atoms with Crippen molar-refractivity contribution in [3.63, 3.8) is 0 Å². The predicted molar refractivity (Wildman–Crippen MR) is 65.7 cm³/mol. The van der Waals surface area contributed by atoms with E-state index in [9.17, 15) is 4.79 Å². The maximum Gasteiger partial charge on any atom is 0.169 e. The van der Waals surface area contributed by atoms with Crippen LogP contribution in [-0.2, 0) is 6.42 Å². The van der Waals surface area contributed by atoms with Crippen LogP contribution < -0.4 is 0 Å². The second kappa shape index (κ2) is 3.75. The Morgan fingerprint density at radius 1 is 1.47 bits per heavy atom. The Bertz CT molecular complexity index is 411. The number of halogens is 1. The van der Waals surface area contributed by atoms with E-state index in [1.165, 1.54) is 11.1 Å². The zero-order chi connectivity index (χ0) is 11.1. The highest BCUT2D eigenvalue weighted by Gasteiger charge is 2.40. The van der Waals surface area contributed by atoms with Crippen LogP contribution in [-0.4, -0.2) is 11.1 Å². The molecule has 1 nitrogen and oxygen atoms in total. The van der Waals surface area contributed by atoms with E-state index in [0.717, 1.165) is 23.7 Å². The van der Waals surface area contributed by atoms with Gasteiger partial charge in [0.2, 0.25) is 0 Å². The molecule has 0 N–H and O–H groups in total. The quantitative estimate of drug-likeness (QED) is 0.749. The van der Waals surface area contributed by atoms with Gasteiger partial charge in [-0.2, -0.15) is 0 Å². The van der Waals surface area contributed by atoms with Crippen molar-refractivity contribution in [2.75, 3.05) is 5.33 Å². The number of alkyl halides is 1. The minimum atomic E-state index is -0.181. The molecule has 2 rings (SSSR count). The number of fused-ring (bicyclic) bond motifs is 1. The van der Waals surface area contributed by atoms with Gasteiger partial charge in [0.25, 0.3) is 0 Å². The first kappa shape index (κ1) is 10.9. The summed E-state index contributed by atoms with van der Waals surface area (Å²) in [6.45, 7) is 4.11. The average molecular weight is 267 g/mol. The van der Waals surface area contributed by atoms with Crippen LogP contribution in [0.1, 0.15) is 34.8 Å². The first-order valence-corrected chi connectivity index (χ1v) is 6.39. The molecule has 0 radical (unpaired) electrons. The van der Waals surface area contributed by atoms with Gasteiger partial charge in [-0.1, -0.05) is 40.5 Å². The number of carbonyl (C=O) groups excluding carboxylic acids is 1. The molecule has 0 aromatic heterocycles. The van der Waals surface area contributed by atoms with E-state index < -0.39 is 0 Å². The molecule has 0 aliphatic heterocycles. The molecule has 1 aromatic carbocycles. The second-order valence-corrected chi connectivity index (χ2v) is 5.46. The van der Waals surface area contributed by atoms with Crippen molar-refractivity contribution in [2.45, 2.75) is 26.7 Å². The highest BCUT2D eigenvalue weighted by atomic mass is 79.9. The Morgan fingerprint density at radius 3 is 2.87 bits per heavy atom. The van der Waals surface area contributed by atoms with Crippen molar-refractivity contribution in [1.29, 1.82) is 0 Å². The minimum Gasteiger partial charge on any atom is -0.294 e. The Balaban J connectivity index is 2.41. The molecule has 0 saturated heterocycles. The molecule has 0 spiro atoms. The largest absolute Gasteiger partial charge is 0.294 e. The van der Waals surface area contributed by atoms with E-state index in [1.54, 1.807) is 0 Å². The molecule has 2 heteroatoms. The summed E-state index contributed by atoms with van der Waals surface area (Å²) in [7, 11) is 0. The van der Waals surface area contributed by atoms with E-state index in [1.807, 2.05) is 13.0 Å². The summed E-state index contributed by atoms with van der Waals surface area (Å²) in [4.78, 5) is 12.2. The molecule has 0 bridgehead atoms. The maximum absolute atomic E-state index is 12.2. The Labute approximate surface area is 99.0 Å². The second-order valence-electron chi connectivity index (χ2n) is 4.67. The van der Waals surface area contributed by atoms with Crippen LogP contribution in [0, 0.1) is 12.3 Å². The number of ketones is 1. The van der Waals surface area contributed by atoms with Crippen LogP contribution in [0.3, 0.4) is 0 Å². The lowest BCUT2D eigenvalue weighted by Gasteiger charge is -2.19. The third-order valence-corrected chi connectivity index (χ3v) is 3.68. The number of rotatable bonds is 2. The van der Waals surface area contributed by atoms with Crippen molar-refractivity contribution >= 4 is 21.7 Å². The van der Waals surface area contributed by atoms with Gasteiger partial charge in [0.05, 0.1) is 0 Å². The summed E-state index contributed by atoms with van der Waals surface area (Å²) in [5, 5.41) is 0.891. The SMILES string of the molecule is Cc1ccc2c(c1)C(=O)C(C)(CCBr)C2. The molecule has 0 heterocycles. The van der Waals surface area contributed by atoms with E-state index in [2.05, 4.69) is 35.0 Å². The molecule has 0 fully saturated rings. The van der Waals surface area contributed by atoms with Crippen molar-refractivity contribution in [3.05, 3.63) is 34.9 Å². The zero-order valence-electron chi connectivity index (χ0n) is 9.14. The van der Waals surface area contributed by atoms with Crippen molar-refractivity contribution in [1.82, 2.24) is 0 Å². The lowest BCUT2D eigenvalue weighted by Crippen LogP contribution is -2.24. The minimum absolute atomic E-state index is 0.181. The molecule has 15 heavy (non-hydrogen) atoms. The lowest BCUT2D eigenvalue weighted by atomic mass is 9.83. The molecule has 0 saturated carbocycles. The fourth-order valence-corrected chi connectivity index (χ4v) is 3.17. The summed E-state index contributed by atoms with van der Waals surface area (Å²) >= 11 is 3.43. The predicted octanol–water partition coefficient (Wildman–Crippen LogP) is 3.53. The number of aryl methyl sites for hydroxylation is 1. The highest BCUT2D eigenvalue weighted by molar-refractivity contribution is 9.09. The monoisotopic (exact) mass is 266 g/mol. The molecule has 1 aliphatic rings. The van der Waals surface area contributed by atoms with Gasteiger partial charge >= 0.3 is 0 Å². The van der Waals surface area contributed by atoms with Crippen LogP contribution in [0.2, 0.25) is 0 Å². The third-order valence-electron chi connectivity index (χ3n) is 3.29. The Hall–Kier alpha value is -0.630. The average Bonchev–Trinajstić information content (AvgIpc) is 2.42. The van der Waals surface area contributed by atoms with Gasteiger partial charge in [0, 0.05) is 16.3 Å². The molecular formula is C13H15BrO. The first-order chi connectivity index (χ1) is 7.07. The van der Waals surface area contributed by atoms with Crippen LogP contribution in [0.15, 0.2) is 18.2 Å². The number of Topliss-reactive ketones (excluding diaryl/α,β-unsaturated/α-hetero) is 1. The van der Waals surface area contributed by atoms with Crippen LogP contribution >= 0.6 is 15.9 Å². The molecule has 1 aromatic rings. The van der Waals surface area contributed by atoms with Crippen LogP contribution in [0.25, 0.3) is 0 Å². The lowest BCUT2D eigenvalue weighted by molar-refractivity contribution is 0.0839. The summed E-state index contributed by atoms with van der Waals surface area (Å²) in [6.07, 6.45) is 1.81. The Kier molecular flexibility index (Phi) is 2.72. The smallest absolute Gasteiger partial charge is 0.169 e. The van der Waals surface area contributed by atoms with E-state index in [4.69, 9.17) is 0 Å². The Morgan fingerprint density at radius 2 is 2.20 bits per heavy atom. The van der Waals surface area contributed by atoms with E-state index in [0.29, 0.717) is 5.78 Å². The maximum atomic E-state index is 12.2. The number of benzene rings is 1. The van der Waals surface area contributed by atoms with Gasteiger partial charge in [0.15, 0.2) is 5.78 Å². The highest BCUT2D eigenvalue weighted by Crippen LogP contribution is 2.39. The van der Waals surface area contributed by atoms with Gasteiger partial charge in [-0.05, 0) is 31.4 Å². The fraction of sp³-hybridized carbons (Fsp3) is 0.462. The molecule has 1 atom stereocenters. The summed E-state index contributed by atoms with van der Waals surface area (Å²) in [5.74, 6) is 0.320. The molecule has 1 unspecified atom stereocenters. The van der Waals surface area contributed by atoms with Gasteiger partial charge < -0.3 is 0 Å². The molecule has 0 amide bonds. The van der Waals surface area contributed by atoms with Crippen LogP contribution in [0.4, 0.5) is 0 Å². The summed E-state index contributed by atoms with van der Waals surface area (Å²) in [5.41, 5.74) is 3.15. The summed E-state index contributed by atoms with van der Waals surface area (Å²) in [6, 6.07) is 6.21. The molecule has 80 valence electrons. The molecular weight excluding hydrogens is 252 g/mol. The number of carbonyl (C=O) groups is 1. The molecule has 1 aliphatic carbocycles. The van der Waals surface area contributed by atoms with Gasteiger partial charge in [-0.3, -0.25) is 4.79 Å². The van der Waals surface area contributed by atoms with Gasteiger partial charge in [0.1, 0.15) is 0 Å². The van der Waals surface area contributed by atoms with E-state index >= 15 is 0 Å².